The van der Waals surface area contributed by atoms with Gasteiger partial charge in [-0.15, -0.1) is 0 Å². The van der Waals surface area contributed by atoms with Crippen LogP contribution in [0.25, 0.3) is 11.0 Å². The maximum Gasteiger partial charge on any atom is 0.273 e. The summed E-state index contributed by atoms with van der Waals surface area (Å²) in [6, 6.07) is 11.8. The van der Waals surface area contributed by atoms with E-state index in [0.717, 1.165) is 53.9 Å². The van der Waals surface area contributed by atoms with E-state index in [2.05, 4.69) is 9.97 Å². The average Bonchev–Trinajstić information content (AvgIpc) is 3.07. The summed E-state index contributed by atoms with van der Waals surface area (Å²) in [5.41, 5.74) is 4.48. The third kappa shape index (κ3) is 2.90. The summed E-state index contributed by atoms with van der Waals surface area (Å²) in [5.74, 6) is 0.867. The number of hydrogen-bond acceptors (Lipinski definition) is 3. The Morgan fingerprint density at radius 2 is 1.96 bits per heavy atom. The molecule has 128 valence electrons. The number of benzene rings is 1. The van der Waals surface area contributed by atoms with Crippen molar-refractivity contribution >= 4 is 16.9 Å². The van der Waals surface area contributed by atoms with Crippen molar-refractivity contribution in [1.82, 2.24) is 19.9 Å². The van der Waals surface area contributed by atoms with Crippen molar-refractivity contribution in [3.8, 4) is 0 Å². The third-order valence-corrected chi connectivity index (χ3v) is 5.06. The lowest BCUT2D eigenvalue weighted by Gasteiger charge is -2.34. The van der Waals surface area contributed by atoms with Gasteiger partial charge in [-0.25, -0.2) is 9.97 Å². The summed E-state index contributed by atoms with van der Waals surface area (Å²) in [4.78, 5) is 27.6. The van der Waals surface area contributed by atoms with Gasteiger partial charge in [0.1, 0.15) is 11.5 Å². The van der Waals surface area contributed by atoms with Crippen LogP contribution in [0.4, 0.5) is 0 Å². The Morgan fingerprint density at radius 3 is 2.76 bits per heavy atom. The topological polar surface area (TPSA) is 61.9 Å². The van der Waals surface area contributed by atoms with Crippen LogP contribution in [0.2, 0.25) is 0 Å². The monoisotopic (exact) mass is 334 g/mol. The van der Waals surface area contributed by atoms with E-state index in [1.165, 1.54) is 0 Å². The molecule has 3 heterocycles. The zero-order valence-electron chi connectivity index (χ0n) is 14.6. The molecule has 1 aliphatic heterocycles. The Balaban J connectivity index is 1.68. The first kappa shape index (κ1) is 15.8. The minimum Gasteiger partial charge on any atom is -0.340 e. The van der Waals surface area contributed by atoms with Crippen molar-refractivity contribution < 1.29 is 4.79 Å². The largest absolute Gasteiger partial charge is 0.340 e. The predicted octanol–water partition coefficient (Wildman–Crippen LogP) is 3.94. The quantitative estimate of drug-likeness (QED) is 0.772. The maximum absolute atomic E-state index is 13.1. The van der Waals surface area contributed by atoms with Crippen LogP contribution in [-0.4, -0.2) is 32.3 Å². The number of piperidine rings is 1. The number of rotatable bonds is 2. The van der Waals surface area contributed by atoms with E-state index in [1.54, 1.807) is 0 Å². The molecule has 1 amide bonds. The molecule has 1 aromatic carbocycles. The molecule has 5 nitrogen and oxygen atoms in total. The molecule has 0 bridgehead atoms. The molecule has 1 saturated heterocycles. The summed E-state index contributed by atoms with van der Waals surface area (Å²) in [6.45, 7) is 4.70. The van der Waals surface area contributed by atoms with E-state index in [1.807, 2.05) is 55.1 Å². The highest BCUT2D eigenvalue weighted by atomic mass is 16.2. The van der Waals surface area contributed by atoms with Crippen LogP contribution in [0, 0.1) is 13.8 Å². The number of aromatic nitrogens is 3. The standard InChI is InChI=1S/C20H22N4O/c1-13-10-11-17(21-14(13)2)20(25)24-12-6-5-9-18(24)19-22-15-7-3-4-8-16(15)23-19/h3-4,7-8,10-11,18H,5-6,9,12H2,1-2H3,(H,22,23). The Hall–Kier alpha value is -2.69. The van der Waals surface area contributed by atoms with Crippen molar-refractivity contribution in [2.75, 3.05) is 6.54 Å². The van der Waals surface area contributed by atoms with Crippen LogP contribution in [-0.2, 0) is 0 Å². The van der Waals surface area contributed by atoms with Crippen molar-refractivity contribution in [3.05, 3.63) is 59.2 Å². The molecule has 1 unspecified atom stereocenters. The lowest BCUT2D eigenvalue weighted by Crippen LogP contribution is -2.39. The number of aromatic amines is 1. The number of likely N-dealkylation sites (tertiary alicyclic amines) is 1. The highest BCUT2D eigenvalue weighted by Gasteiger charge is 2.31. The number of nitrogens with zero attached hydrogens (tertiary/aromatic N) is 3. The summed E-state index contributed by atoms with van der Waals surface area (Å²) in [6.07, 6.45) is 3.05. The van der Waals surface area contributed by atoms with E-state index in [9.17, 15) is 4.79 Å². The van der Waals surface area contributed by atoms with E-state index in [-0.39, 0.29) is 11.9 Å². The second-order valence-corrected chi connectivity index (χ2v) is 6.75. The predicted molar refractivity (Wildman–Crippen MR) is 97.4 cm³/mol. The first-order valence-corrected chi connectivity index (χ1v) is 8.83. The summed E-state index contributed by atoms with van der Waals surface area (Å²) in [5, 5.41) is 0. The first-order valence-electron chi connectivity index (χ1n) is 8.83. The number of carbonyl (C=O) groups excluding carboxylic acids is 1. The van der Waals surface area contributed by atoms with Crippen LogP contribution in [0.15, 0.2) is 36.4 Å². The lowest BCUT2D eigenvalue weighted by atomic mass is 10.0. The van der Waals surface area contributed by atoms with E-state index < -0.39 is 0 Å². The summed E-state index contributed by atoms with van der Waals surface area (Å²) in [7, 11) is 0. The normalized spacial score (nSPS) is 17.8. The van der Waals surface area contributed by atoms with Crippen LogP contribution in [0.5, 0.6) is 0 Å². The van der Waals surface area contributed by atoms with Crippen molar-refractivity contribution in [3.63, 3.8) is 0 Å². The maximum atomic E-state index is 13.1. The van der Waals surface area contributed by atoms with Gasteiger partial charge in [0.05, 0.1) is 17.1 Å². The van der Waals surface area contributed by atoms with E-state index in [4.69, 9.17) is 4.98 Å². The number of pyridine rings is 1. The fraction of sp³-hybridized carbons (Fsp3) is 0.350. The van der Waals surface area contributed by atoms with Gasteiger partial charge in [-0.1, -0.05) is 18.2 Å². The van der Waals surface area contributed by atoms with Crippen LogP contribution < -0.4 is 0 Å². The number of H-pyrrole nitrogens is 1. The smallest absolute Gasteiger partial charge is 0.273 e. The molecule has 5 heteroatoms. The van der Waals surface area contributed by atoms with Gasteiger partial charge in [-0.2, -0.15) is 0 Å². The van der Waals surface area contributed by atoms with Crippen molar-refractivity contribution in [2.24, 2.45) is 0 Å². The molecule has 1 aliphatic rings. The summed E-state index contributed by atoms with van der Waals surface area (Å²) < 4.78 is 0. The van der Waals surface area contributed by atoms with Gasteiger partial charge >= 0.3 is 0 Å². The van der Waals surface area contributed by atoms with Gasteiger partial charge in [-0.05, 0) is 56.9 Å². The van der Waals surface area contributed by atoms with Crippen molar-refractivity contribution in [1.29, 1.82) is 0 Å². The number of fused-ring (bicyclic) bond motifs is 1. The van der Waals surface area contributed by atoms with Crippen LogP contribution >= 0.6 is 0 Å². The molecule has 3 aromatic rings. The minimum atomic E-state index is -0.0166. The van der Waals surface area contributed by atoms with Gasteiger partial charge in [0.25, 0.3) is 5.91 Å². The highest BCUT2D eigenvalue weighted by molar-refractivity contribution is 5.92. The van der Waals surface area contributed by atoms with Gasteiger partial charge in [0, 0.05) is 12.2 Å². The molecular weight excluding hydrogens is 312 g/mol. The number of nitrogens with one attached hydrogen (secondary N) is 1. The number of para-hydroxylation sites is 2. The zero-order valence-corrected chi connectivity index (χ0v) is 14.6. The molecule has 2 aromatic heterocycles. The molecule has 0 spiro atoms. The van der Waals surface area contributed by atoms with Gasteiger partial charge in [0.15, 0.2) is 0 Å². The van der Waals surface area contributed by atoms with Crippen molar-refractivity contribution in [2.45, 2.75) is 39.2 Å². The molecule has 1 N–H and O–H groups in total. The average molecular weight is 334 g/mol. The van der Waals surface area contributed by atoms with Crippen LogP contribution in [0.3, 0.4) is 0 Å². The second kappa shape index (κ2) is 6.31. The Labute approximate surface area is 147 Å². The number of amides is 1. The zero-order chi connectivity index (χ0) is 17.4. The molecule has 0 radical (unpaired) electrons. The fourth-order valence-corrected chi connectivity index (χ4v) is 3.49. The molecule has 25 heavy (non-hydrogen) atoms. The molecule has 4 rings (SSSR count). The molecular formula is C20H22N4O. The third-order valence-electron chi connectivity index (χ3n) is 5.06. The number of aryl methyl sites for hydroxylation is 2. The second-order valence-electron chi connectivity index (χ2n) is 6.75. The van der Waals surface area contributed by atoms with Crippen LogP contribution in [0.1, 0.15) is 52.9 Å². The first-order chi connectivity index (χ1) is 12.1. The van der Waals surface area contributed by atoms with E-state index >= 15 is 0 Å². The van der Waals surface area contributed by atoms with Gasteiger partial charge < -0.3 is 9.88 Å². The SMILES string of the molecule is Cc1ccc(C(=O)N2CCCCC2c2nc3ccccc3[nH]2)nc1C. The molecule has 0 aliphatic carbocycles. The number of hydrogen-bond donors (Lipinski definition) is 1. The lowest BCUT2D eigenvalue weighted by molar-refractivity contribution is 0.0595. The minimum absolute atomic E-state index is 0.00624. The highest BCUT2D eigenvalue weighted by Crippen LogP contribution is 2.31. The Bertz CT molecular complexity index is 897. The Morgan fingerprint density at radius 1 is 1.12 bits per heavy atom. The fourth-order valence-electron chi connectivity index (χ4n) is 3.49. The molecule has 0 saturated carbocycles. The molecule has 1 fully saturated rings. The number of carbonyl (C=O) groups is 1. The molecule has 1 atom stereocenters. The van der Waals surface area contributed by atoms with E-state index in [0.29, 0.717) is 5.69 Å². The Kier molecular flexibility index (Phi) is 3.99. The van der Waals surface area contributed by atoms with Gasteiger partial charge in [0.2, 0.25) is 0 Å². The van der Waals surface area contributed by atoms with Gasteiger partial charge in [-0.3, -0.25) is 4.79 Å². The number of imidazole rings is 1. The summed E-state index contributed by atoms with van der Waals surface area (Å²) >= 11 is 0.